The molecule has 1 fully saturated rings. The molecule has 1 aromatic heterocycles. The molecule has 0 bridgehead atoms. The Morgan fingerprint density at radius 2 is 1.59 bits per heavy atom. The first kappa shape index (κ1) is 28.1. The van der Waals surface area contributed by atoms with E-state index in [1.54, 1.807) is 44.4 Å². The Morgan fingerprint density at radius 1 is 0.878 bits per heavy atom. The van der Waals surface area contributed by atoms with Crippen molar-refractivity contribution in [2.24, 2.45) is 0 Å². The quantitative estimate of drug-likeness (QED) is 0.252. The summed E-state index contributed by atoms with van der Waals surface area (Å²) in [5.41, 5.74) is 2.92. The molecule has 8 heteroatoms. The summed E-state index contributed by atoms with van der Waals surface area (Å²) in [5, 5.41) is 4.23. The lowest BCUT2D eigenvalue weighted by Crippen LogP contribution is -2.47. The lowest BCUT2D eigenvalue weighted by molar-refractivity contribution is -0.127. The lowest BCUT2D eigenvalue weighted by Gasteiger charge is -2.34. The molecule has 1 saturated carbocycles. The van der Waals surface area contributed by atoms with Gasteiger partial charge in [0, 0.05) is 23.1 Å². The molecule has 0 spiro atoms. The molecule has 0 aliphatic heterocycles. The number of benzene rings is 3. The van der Waals surface area contributed by atoms with Crippen LogP contribution < -0.4 is 24.4 Å². The van der Waals surface area contributed by atoms with Crippen molar-refractivity contribution in [1.82, 2.24) is 10.3 Å². The summed E-state index contributed by atoms with van der Waals surface area (Å²) in [6, 6.07) is 19.6. The average Bonchev–Trinajstić information content (AvgIpc) is 3.42. The number of methoxy groups -OCH3 is 3. The van der Waals surface area contributed by atoms with Crippen LogP contribution in [0, 0.1) is 0 Å². The van der Waals surface area contributed by atoms with Gasteiger partial charge in [-0.05, 0) is 54.3 Å². The Bertz CT molecular complexity index is 1510. The second-order valence-electron chi connectivity index (χ2n) is 10.3. The molecule has 0 unspecified atom stereocenters. The van der Waals surface area contributed by atoms with Gasteiger partial charge in [0.05, 0.1) is 33.4 Å². The van der Waals surface area contributed by atoms with Crippen molar-refractivity contribution in [3.63, 3.8) is 0 Å². The van der Waals surface area contributed by atoms with Gasteiger partial charge in [0.25, 0.3) is 0 Å². The minimum atomic E-state index is -0.981. The third kappa shape index (κ3) is 6.01. The highest BCUT2D eigenvalue weighted by atomic mass is 16.5. The fourth-order valence-corrected chi connectivity index (χ4v) is 5.74. The SMILES string of the molecule is COc1ccc([C@@H](C(=O)NC2CCCCC2)N(C(=O)Cc2c[nH]c3ccccc23)c2ccccc2OC)cc1OC. The first-order valence-corrected chi connectivity index (χ1v) is 14.1. The van der Waals surface area contributed by atoms with E-state index in [0.29, 0.717) is 28.5 Å². The molecule has 1 aliphatic rings. The molecule has 4 aromatic rings. The van der Waals surface area contributed by atoms with Crippen LogP contribution in [0.1, 0.15) is 49.3 Å². The van der Waals surface area contributed by atoms with E-state index < -0.39 is 6.04 Å². The molecule has 41 heavy (non-hydrogen) atoms. The van der Waals surface area contributed by atoms with Gasteiger partial charge in [-0.1, -0.05) is 55.7 Å². The number of rotatable bonds is 10. The number of nitrogens with one attached hydrogen (secondary N) is 2. The van der Waals surface area contributed by atoms with Crippen LogP contribution >= 0.6 is 0 Å². The molecule has 0 radical (unpaired) electrons. The fourth-order valence-electron chi connectivity index (χ4n) is 5.74. The van der Waals surface area contributed by atoms with Crippen molar-refractivity contribution in [3.05, 3.63) is 84.1 Å². The highest BCUT2D eigenvalue weighted by Gasteiger charge is 2.36. The van der Waals surface area contributed by atoms with Gasteiger partial charge in [0.1, 0.15) is 11.8 Å². The number of fused-ring (bicyclic) bond motifs is 1. The predicted molar refractivity (Wildman–Crippen MR) is 160 cm³/mol. The average molecular weight is 556 g/mol. The number of H-pyrrole nitrogens is 1. The first-order valence-electron chi connectivity index (χ1n) is 14.1. The van der Waals surface area contributed by atoms with E-state index in [4.69, 9.17) is 14.2 Å². The minimum absolute atomic E-state index is 0.0575. The molecular formula is C33H37N3O5. The number of carbonyl (C=O) groups is 2. The van der Waals surface area contributed by atoms with Crippen molar-refractivity contribution in [2.45, 2.75) is 50.6 Å². The molecule has 0 saturated heterocycles. The molecular weight excluding hydrogens is 518 g/mol. The van der Waals surface area contributed by atoms with Gasteiger partial charge in [0.2, 0.25) is 11.8 Å². The maximum absolute atomic E-state index is 14.4. The normalized spacial score (nSPS) is 14.3. The van der Waals surface area contributed by atoms with Gasteiger partial charge in [0.15, 0.2) is 11.5 Å². The van der Waals surface area contributed by atoms with Gasteiger partial charge in [-0.15, -0.1) is 0 Å². The molecule has 2 amide bonds. The fraction of sp³-hybridized carbons (Fsp3) is 0.333. The van der Waals surface area contributed by atoms with Crippen molar-refractivity contribution in [1.29, 1.82) is 0 Å². The number of aromatic amines is 1. The summed E-state index contributed by atoms with van der Waals surface area (Å²) >= 11 is 0. The molecule has 1 heterocycles. The van der Waals surface area contributed by atoms with E-state index in [0.717, 1.165) is 42.1 Å². The molecule has 1 aliphatic carbocycles. The van der Waals surface area contributed by atoms with Gasteiger partial charge >= 0.3 is 0 Å². The third-order valence-electron chi connectivity index (χ3n) is 7.81. The maximum atomic E-state index is 14.4. The zero-order chi connectivity index (χ0) is 28.8. The first-order chi connectivity index (χ1) is 20.0. The van der Waals surface area contributed by atoms with Gasteiger partial charge < -0.3 is 24.5 Å². The lowest BCUT2D eigenvalue weighted by atomic mass is 9.94. The Hall–Kier alpha value is -4.46. The summed E-state index contributed by atoms with van der Waals surface area (Å²) in [6.07, 6.45) is 7.09. The number of para-hydroxylation sites is 3. The van der Waals surface area contributed by atoms with Gasteiger partial charge in [-0.3, -0.25) is 14.5 Å². The van der Waals surface area contributed by atoms with Crippen molar-refractivity contribution in [2.75, 3.05) is 26.2 Å². The number of nitrogens with zero attached hydrogens (tertiary/aromatic N) is 1. The van der Waals surface area contributed by atoms with E-state index in [-0.39, 0.29) is 24.3 Å². The zero-order valence-corrected chi connectivity index (χ0v) is 23.8. The minimum Gasteiger partial charge on any atom is -0.495 e. The van der Waals surface area contributed by atoms with E-state index in [1.165, 1.54) is 6.42 Å². The molecule has 5 rings (SSSR count). The van der Waals surface area contributed by atoms with E-state index in [2.05, 4.69) is 10.3 Å². The van der Waals surface area contributed by atoms with Gasteiger partial charge in [-0.2, -0.15) is 0 Å². The van der Waals surface area contributed by atoms with E-state index >= 15 is 0 Å². The summed E-state index contributed by atoms with van der Waals surface area (Å²) < 4.78 is 16.8. The molecule has 214 valence electrons. The van der Waals surface area contributed by atoms with Crippen molar-refractivity contribution < 1.29 is 23.8 Å². The maximum Gasteiger partial charge on any atom is 0.248 e. The predicted octanol–water partition coefficient (Wildman–Crippen LogP) is 5.96. The Morgan fingerprint density at radius 3 is 2.34 bits per heavy atom. The number of aromatic nitrogens is 1. The zero-order valence-electron chi connectivity index (χ0n) is 23.8. The summed E-state index contributed by atoms with van der Waals surface area (Å²) in [4.78, 5) is 33.5. The number of anilines is 1. The second kappa shape index (κ2) is 12.8. The van der Waals surface area contributed by atoms with Crippen LogP contribution in [0.25, 0.3) is 10.9 Å². The van der Waals surface area contributed by atoms with E-state index in [1.807, 2.05) is 54.7 Å². The van der Waals surface area contributed by atoms with Crippen LogP contribution in [0.3, 0.4) is 0 Å². The Balaban J connectivity index is 1.63. The van der Waals surface area contributed by atoms with Crippen LogP contribution in [0.15, 0.2) is 72.9 Å². The summed E-state index contributed by atoms with van der Waals surface area (Å²) in [6.45, 7) is 0. The Labute approximate surface area is 240 Å². The second-order valence-corrected chi connectivity index (χ2v) is 10.3. The molecule has 3 aromatic carbocycles. The highest BCUT2D eigenvalue weighted by Crippen LogP contribution is 2.38. The summed E-state index contributed by atoms with van der Waals surface area (Å²) in [7, 11) is 4.68. The summed E-state index contributed by atoms with van der Waals surface area (Å²) in [5.74, 6) is 1.03. The van der Waals surface area contributed by atoms with Crippen LogP contribution in [-0.4, -0.2) is 44.2 Å². The smallest absolute Gasteiger partial charge is 0.248 e. The van der Waals surface area contributed by atoms with Crippen molar-refractivity contribution in [3.8, 4) is 17.2 Å². The Kier molecular flexibility index (Phi) is 8.77. The highest BCUT2D eigenvalue weighted by molar-refractivity contribution is 6.04. The van der Waals surface area contributed by atoms with Crippen molar-refractivity contribution >= 4 is 28.4 Å². The number of hydrogen-bond acceptors (Lipinski definition) is 5. The third-order valence-corrected chi connectivity index (χ3v) is 7.81. The number of carbonyl (C=O) groups excluding carboxylic acids is 2. The van der Waals surface area contributed by atoms with E-state index in [9.17, 15) is 9.59 Å². The number of ether oxygens (including phenoxy) is 3. The number of hydrogen-bond donors (Lipinski definition) is 2. The standard InChI is InChI=1S/C33H37N3O5/c1-39-28-16-10-9-15-27(28)36(31(37)20-23-21-34-26-14-8-7-13-25(23)26)32(33(38)35-24-11-5-4-6-12-24)22-17-18-29(40-2)30(19-22)41-3/h7-10,13-19,21,24,32,34H,4-6,11-12,20H2,1-3H3,(H,35,38)/t32-/m0/s1. The van der Waals surface area contributed by atoms with Crippen LogP contribution in [-0.2, 0) is 16.0 Å². The van der Waals surface area contributed by atoms with Crippen LogP contribution in [0.5, 0.6) is 17.2 Å². The molecule has 1 atom stereocenters. The largest absolute Gasteiger partial charge is 0.495 e. The number of amides is 2. The molecule has 2 N–H and O–H groups in total. The topological polar surface area (TPSA) is 92.9 Å². The van der Waals surface area contributed by atoms with Crippen LogP contribution in [0.2, 0.25) is 0 Å². The monoisotopic (exact) mass is 555 g/mol. The molecule has 8 nitrogen and oxygen atoms in total. The van der Waals surface area contributed by atoms with Gasteiger partial charge in [-0.25, -0.2) is 0 Å². The van der Waals surface area contributed by atoms with Crippen LogP contribution in [0.4, 0.5) is 5.69 Å².